The van der Waals surface area contributed by atoms with Crippen molar-refractivity contribution in [2.24, 2.45) is 0 Å². The first kappa shape index (κ1) is 16.6. The van der Waals surface area contributed by atoms with Crippen LogP contribution < -0.4 is 10.3 Å². The Morgan fingerprint density at radius 2 is 1.11 bits per heavy atom. The Kier molecular flexibility index (Phi) is 4.66. The van der Waals surface area contributed by atoms with Crippen molar-refractivity contribution >= 4 is 5.91 Å². The average Bonchev–Trinajstić information content (AvgIpc) is 2.75. The second kappa shape index (κ2) is 7.58. The van der Waals surface area contributed by atoms with E-state index in [9.17, 15) is 4.79 Å². The minimum Gasteiger partial charge on any atom is -0.263 e. The lowest BCUT2D eigenvalue weighted by Crippen LogP contribution is -2.54. The van der Waals surface area contributed by atoms with Gasteiger partial charge in [-0.05, 0) is 12.1 Å². The largest absolute Gasteiger partial charge is 0.310 e. The molecule has 130 valence electrons. The van der Waals surface area contributed by atoms with Gasteiger partial charge in [0, 0.05) is 22.8 Å². The Bertz CT molecular complexity index is 994. The van der Waals surface area contributed by atoms with Crippen molar-refractivity contribution in [3.05, 3.63) is 103 Å². The number of nitrogens with one attached hydrogen (secondary N) is 1. The second-order valence-corrected chi connectivity index (χ2v) is 5.94. The van der Waals surface area contributed by atoms with Crippen LogP contribution in [0.2, 0.25) is 0 Å². The predicted molar refractivity (Wildman–Crippen MR) is 103 cm³/mol. The van der Waals surface area contributed by atoms with Crippen molar-refractivity contribution in [1.29, 1.82) is 0 Å². The number of benzene rings is 3. The summed E-state index contributed by atoms with van der Waals surface area (Å²) in [5.41, 5.74) is 6.60. The first-order valence-electron chi connectivity index (χ1n) is 8.58. The van der Waals surface area contributed by atoms with E-state index < -0.39 is 0 Å². The third kappa shape index (κ3) is 3.88. The number of nitrogens with zero attached hydrogens (tertiary/aromatic N) is 3. The molecule has 0 aliphatic carbocycles. The van der Waals surface area contributed by atoms with Gasteiger partial charge in [-0.25, -0.2) is 0 Å². The van der Waals surface area contributed by atoms with Crippen LogP contribution in [-0.2, 0) is 0 Å². The summed E-state index contributed by atoms with van der Waals surface area (Å²) in [6, 6.07) is 30.5. The minimum absolute atomic E-state index is 0.273. The fourth-order valence-electron chi connectivity index (χ4n) is 2.71. The van der Waals surface area contributed by atoms with Crippen LogP contribution in [-0.4, -0.2) is 16.1 Å². The highest BCUT2D eigenvalue weighted by Gasteiger charge is 2.18. The van der Waals surface area contributed by atoms with Gasteiger partial charge in [-0.3, -0.25) is 4.79 Å². The van der Waals surface area contributed by atoms with Gasteiger partial charge in [0.25, 0.3) is 0 Å². The van der Waals surface area contributed by atoms with E-state index in [0.717, 1.165) is 22.5 Å². The Balaban J connectivity index is 1.75. The molecule has 1 N–H and O–H groups in total. The molecule has 0 saturated carbocycles. The van der Waals surface area contributed by atoms with E-state index in [1.807, 2.05) is 84.9 Å². The number of carbonyl (C=O) groups is 1. The third-order valence-corrected chi connectivity index (χ3v) is 4.05. The summed E-state index contributed by atoms with van der Waals surface area (Å²) in [4.78, 5) is 13.7. The zero-order valence-corrected chi connectivity index (χ0v) is 14.5. The lowest BCUT2D eigenvalue weighted by atomic mass is 10.1. The molecule has 4 rings (SSSR count). The van der Waals surface area contributed by atoms with E-state index in [4.69, 9.17) is 0 Å². The molecule has 0 bridgehead atoms. The molecule has 0 radical (unpaired) electrons. The van der Waals surface area contributed by atoms with Gasteiger partial charge in [-0.1, -0.05) is 84.3 Å². The fraction of sp³-hybridized carbons (Fsp3) is 0. The second-order valence-electron chi connectivity index (χ2n) is 5.94. The van der Waals surface area contributed by atoms with E-state index >= 15 is 0 Å². The summed E-state index contributed by atoms with van der Waals surface area (Å²) < 4.78 is 0. The molecule has 4 aromatic rings. The maximum atomic E-state index is 12.5. The quantitative estimate of drug-likeness (QED) is 0.572. The highest BCUT2D eigenvalue weighted by Crippen LogP contribution is 2.21. The summed E-state index contributed by atoms with van der Waals surface area (Å²) in [5.74, 6) is -0.273. The Morgan fingerprint density at radius 3 is 1.59 bits per heavy atom. The van der Waals surface area contributed by atoms with Gasteiger partial charge >= 0.3 is 5.91 Å². The number of rotatable bonds is 4. The van der Waals surface area contributed by atoms with Crippen LogP contribution >= 0.6 is 0 Å². The molecule has 27 heavy (non-hydrogen) atoms. The maximum Gasteiger partial charge on any atom is 0.310 e. The van der Waals surface area contributed by atoms with Gasteiger partial charge < -0.3 is 0 Å². The fourth-order valence-corrected chi connectivity index (χ4v) is 2.71. The molecule has 0 fully saturated rings. The molecule has 0 spiro atoms. The lowest BCUT2D eigenvalue weighted by molar-refractivity contribution is -0.757. The average molecular weight is 353 g/mol. The molecule has 3 aromatic carbocycles. The summed E-state index contributed by atoms with van der Waals surface area (Å²) >= 11 is 0. The number of amides is 1. The first-order chi connectivity index (χ1) is 13.3. The van der Waals surface area contributed by atoms with Crippen molar-refractivity contribution in [2.45, 2.75) is 0 Å². The molecule has 0 aliphatic rings. The Morgan fingerprint density at radius 1 is 0.667 bits per heavy atom. The normalized spacial score (nSPS) is 10.4. The molecule has 0 saturated heterocycles. The summed E-state index contributed by atoms with van der Waals surface area (Å²) in [6.07, 6.45) is 0. The molecule has 5 nitrogen and oxygen atoms in total. The van der Waals surface area contributed by atoms with Crippen molar-refractivity contribution < 1.29 is 9.70 Å². The van der Waals surface area contributed by atoms with Crippen molar-refractivity contribution in [3.8, 4) is 22.5 Å². The summed E-state index contributed by atoms with van der Waals surface area (Å²) in [7, 11) is 0. The maximum absolute atomic E-state index is 12.5. The van der Waals surface area contributed by atoms with E-state index in [-0.39, 0.29) is 5.91 Å². The van der Waals surface area contributed by atoms with E-state index in [1.165, 1.54) is 4.91 Å². The van der Waals surface area contributed by atoms with Crippen LogP contribution in [0.15, 0.2) is 97.1 Å². The molecule has 1 aromatic heterocycles. The molecule has 0 aliphatic heterocycles. The van der Waals surface area contributed by atoms with Gasteiger partial charge in [-0.15, -0.1) is 0 Å². The SMILES string of the molecule is O=C(N[n+]1nc(-c2ccccc2)cc(-c2ccccc2)n1)c1ccccc1. The van der Waals surface area contributed by atoms with Gasteiger partial charge in [0.15, 0.2) is 4.91 Å². The van der Waals surface area contributed by atoms with Crippen LogP contribution in [0, 0.1) is 0 Å². The number of hydrogen-bond donors (Lipinski definition) is 1. The molecule has 0 unspecified atom stereocenters. The van der Waals surface area contributed by atoms with Gasteiger partial charge in [0.1, 0.15) is 11.4 Å². The molecule has 1 heterocycles. The molecule has 5 heteroatoms. The molecule has 0 atom stereocenters. The molecular formula is C22H17N4O+. The van der Waals surface area contributed by atoms with E-state index in [0.29, 0.717) is 5.56 Å². The third-order valence-electron chi connectivity index (χ3n) is 4.05. The van der Waals surface area contributed by atoms with Crippen molar-refractivity contribution in [2.75, 3.05) is 5.43 Å². The predicted octanol–water partition coefficient (Wildman–Crippen LogP) is 3.48. The summed E-state index contributed by atoms with van der Waals surface area (Å²) in [5, 5.41) is 8.94. The zero-order valence-electron chi connectivity index (χ0n) is 14.5. The zero-order chi connectivity index (χ0) is 18.5. The Labute approximate surface area is 156 Å². The van der Waals surface area contributed by atoms with Crippen LogP contribution in [0.3, 0.4) is 0 Å². The van der Waals surface area contributed by atoms with Crippen LogP contribution in [0.4, 0.5) is 0 Å². The van der Waals surface area contributed by atoms with E-state index in [1.54, 1.807) is 12.1 Å². The monoisotopic (exact) mass is 353 g/mol. The van der Waals surface area contributed by atoms with Crippen LogP contribution in [0.5, 0.6) is 0 Å². The van der Waals surface area contributed by atoms with Gasteiger partial charge in [-0.2, -0.15) is 0 Å². The highest BCUT2D eigenvalue weighted by atomic mass is 16.2. The number of carbonyl (C=O) groups excluding carboxylic acids is 1. The standard InChI is InChI=1S/C22H16N4O/c27-22(19-14-8-3-9-15-19)25-26-23-20(17-10-4-1-5-11-17)16-21(24-26)18-12-6-2-7-13-18/h1-16H/p+1. The number of aromatic nitrogens is 3. The molecule has 1 amide bonds. The van der Waals surface area contributed by atoms with Gasteiger partial charge in [0.05, 0.1) is 10.2 Å². The molecular weight excluding hydrogens is 336 g/mol. The van der Waals surface area contributed by atoms with Crippen molar-refractivity contribution in [3.63, 3.8) is 0 Å². The van der Waals surface area contributed by atoms with Gasteiger partial charge in [0.2, 0.25) is 0 Å². The van der Waals surface area contributed by atoms with Crippen LogP contribution in [0.25, 0.3) is 22.5 Å². The van der Waals surface area contributed by atoms with Crippen LogP contribution in [0.1, 0.15) is 10.4 Å². The lowest BCUT2D eigenvalue weighted by Gasteiger charge is -2.03. The highest BCUT2D eigenvalue weighted by molar-refractivity contribution is 5.98. The van der Waals surface area contributed by atoms with E-state index in [2.05, 4.69) is 15.6 Å². The first-order valence-corrected chi connectivity index (χ1v) is 8.58. The van der Waals surface area contributed by atoms with Crippen molar-refractivity contribution in [1.82, 2.24) is 10.2 Å². The minimum atomic E-state index is -0.273. The topological polar surface area (TPSA) is 58.8 Å². The smallest absolute Gasteiger partial charge is 0.263 e. The summed E-state index contributed by atoms with van der Waals surface area (Å²) in [6.45, 7) is 0. The number of hydrogen-bond acceptors (Lipinski definition) is 3. The Hall–Kier alpha value is -3.86.